The summed E-state index contributed by atoms with van der Waals surface area (Å²) in [6.07, 6.45) is 11.3. The van der Waals surface area contributed by atoms with Crippen molar-refractivity contribution in [3.05, 3.63) is 29.8 Å². The first kappa shape index (κ1) is 15.1. The summed E-state index contributed by atoms with van der Waals surface area (Å²) in [5.74, 6) is 5.21. The molecule has 0 aliphatic carbocycles. The molecule has 0 saturated carbocycles. The van der Waals surface area contributed by atoms with Gasteiger partial charge in [0.15, 0.2) is 0 Å². The van der Waals surface area contributed by atoms with E-state index in [1.807, 2.05) is 0 Å². The van der Waals surface area contributed by atoms with Crippen LogP contribution in [-0.4, -0.2) is 4.98 Å². The molecule has 0 amide bonds. The first-order valence-corrected chi connectivity index (χ1v) is 6.84. The van der Waals surface area contributed by atoms with Gasteiger partial charge in [-0.05, 0) is 18.1 Å². The highest BCUT2D eigenvalue weighted by Crippen LogP contribution is 2.19. The molecule has 0 aliphatic rings. The lowest BCUT2D eigenvalue weighted by atomic mass is 10.0. The van der Waals surface area contributed by atoms with Crippen molar-refractivity contribution in [1.82, 2.24) is 10.4 Å². The van der Waals surface area contributed by atoms with Gasteiger partial charge in [0.2, 0.25) is 0 Å². The van der Waals surface area contributed by atoms with E-state index in [4.69, 9.17) is 5.84 Å². The van der Waals surface area contributed by atoms with Crippen LogP contribution in [0.4, 0.5) is 4.39 Å². The second kappa shape index (κ2) is 9.00. The fraction of sp³-hybridized carbons (Fsp3) is 0.643. The lowest BCUT2D eigenvalue weighted by Gasteiger charge is -2.15. The van der Waals surface area contributed by atoms with Crippen LogP contribution >= 0.6 is 0 Å². The van der Waals surface area contributed by atoms with Gasteiger partial charge in [0.1, 0.15) is 5.82 Å². The van der Waals surface area contributed by atoms with E-state index in [9.17, 15) is 4.39 Å². The number of halogens is 1. The van der Waals surface area contributed by atoms with Crippen LogP contribution in [0.3, 0.4) is 0 Å². The summed E-state index contributed by atoms with van der Waals surface area (Å²) >= 11 is 0. The molecule has 0 radical (unpaired) electrons. The van der Waals surface area contributed by atoms with E-state index in [0.29, 0.717) is 0 Å². The number of hydrogen-bond donors (Lipinski definition) is 2. The molecule has 0 aliphatic heterocycles. The maximum atomic E-state index is 13.1. The van der Waals surface area contributed by atoms with Gasteiger partial charge < -0.3 is 0 Å². The Morgan fingerprint density at radius 3 is 2.61 bits per heavy atom. The van der Waals surface area contributed by atoms with E-state index in [1.54, 1.807) is 6.20 Å². The minimum absolute atomic E-state index is 0.000579. The predicted molar refractivity (Wildman–Crippen MR) is 72.3 cm³/mol. The summed E-state index contributed by atoms with van der Waals surface area (Å²) in [4.78, 5) is 3.85. The quantitative estimate of drug-likeness (QED) is 0.402. The lowest BCUT2D eigenvalue weighted by Crippen LogP contribution is -2.28. The molecule has 1 atom stereocenters. The normalized spacial score (nSPS) is 12.6. The Kier molecular flexibility index (Phi) is 7.53. The Hall–Kier alpha value is -1.00. The molecule has 4 heteroatoms. The monoisotopic (exact) mass is 253 g/mol. The third-order valence-corrected chi connectivity index (χ3v) is 3.18. The molecule has 0 aromatic carbocycles. The summed E-state index contributed by atoms with van der Waals surface area (Å²) in [5.41, 5.74) is 3.57. The minimum Gasteiger partial charge on any atom is -0.271 e. The number of unbranched alkanes of at least 4 members (excludes halogenated alkanes) is 5. The van der Waals surface area contributed by atoms with Crippen molar-refractivity contribution in [3.63, 3.8) is 0 Å². The Bertz CT molecular complexity index is 331. The van der Waals surface area contributed by atoms with Crippen molar-refractivity contribution < 1.29 is 4.39 Å². The molecule has 0 bridgehead atoms. The number of hydrogen-bond acceptors (Lipinski definition) is 3. The maximum absolute atomic E-state index is 13.1. The third kappa shape index (κ3) is 5.56. The molecular formula is C14H24FN3. The Morgan fingerprint density at radius 2 is 1.94 bits per heavy atom. The van der Waals surface area contributed by atoms with Gasteiger partial charge in [0.25, 0.3) is 0 Å². The van der Waals surface area contributed by atoms with E-state index >= 15 is 0 Å². The number of nitrogens with one attached hydrogen (secondary N) is 1. The van der Waals surface area contributed by atoms with E-state index in [0.717, 1.165) is 18.4 Å². The highest BCUT2D eigenvalue weighted by atomic mass is 19.1. The van der Waals surface area contributed by atoms with Gasteiger partial charge in [0, 0.05) is 12.2 Å². The van der Waals surface area contributed by atoms with Gasteiger partial charge in [-0.2, -0.15) is 0 Å². The second-order valence-electron chi connectivity index (χ2n) is 4.71. The highest BCUT2D eigenvalue weighted by Gasteiger charge is 2.10. The number of nitrogens with zero attached hydrogens (tertiary/aromatic N) is 1. The summed E-state index contributed by atoms with van der Waals surface area (Å²) in [5, 5.41) is 0. The standard InChI is InChI=1S/C14H24FN3/c1-2-3-4-5-6-7-8-14(18-16)12-9-13(15)11-17-10-12/h9-11,14,18H,2-8,16H2,1H3. The molecule has 102 valence electrons. The number of rotatable bonds is 9. The van der Waals surface area contributed by atoms with E-state index in [-0.39, 0.29) is 11.9 Å². The smallest absolute Gasteiger partial charge is 0.141 e. The maximum Gasteiger partial charge on any atom is 0.141 e. The minimum atomic E-state index is -0.310. The van der Waals surface area contributed by atoms with Crippen molar-refractivity contribution in [3.8, 4) is 0 Å². The van der Waals surface area contributed by atoms with E-state index in [1.165, 1.54) is 44.4 Å². The SMILES string of the molecule is CCCCCCCCC(NN)c1cncc(F)c1. The van der Waals surface area contributed by atoms with Crippen LogP contribution in [0.5, 0.6) is 0 Å². The Labute approximate surface area is 109 Å². The van der Waals surface area contributed by atoms with Crippen LogP contribution < -0.4 is 11.3 Å². The summed E-state index contributed by atoms with van der Waals surface area (Å²) in [7, 11) is 0. The Balaban J connectivity index is 2.29. The fourth-order valence-electron chi connectivity index (χ4n) is 2.09. The zero-order valence-corrected chi connectivity index (χ0v) is 11.2. The topological polar surface area (TPSA) is 50.9 Å². The zero-order chi connectivity index (χ0) is 13.2. The van der Waals surface area contributed by atoms with Crippen molar-refractivity contribution in [2.24, 2.45) is 5.84 Å². The van der Waals surface area contributed by atoms with Crippen LogP contribution in [0.25, 0.3) is 0 Å². The van der Waals surface area contributed by atoms with Crippen molar-refractivity contribution in [2.75, 3.05) is 0 Å². The molecular weight excluding hydrogens is 229 g/mol. The van der Waals surface area contributed by atoms with Gasteiger partial charge in [-0.1, -0.05) is 45.4 Å². The molecule has 1 rings (SSSR count). The molecule has 1 heterocycles. The van der Waals surface area contributed by atoms with Gasteiger partial charge in [-0.25, -0.2) is 4.39 Å². The van der Waals surface area contributed by atoms with Crippen LogP contribution in [0.1, 0.15) is 63.5 Å². The highest BCUT2D eigenvalue weighted by molar-refractivity contribution is 5.14. The van der Waals surface area contributed by atoms with Crippen molar-refractivity contribution in [2.45, 2.75) is 57.9 Å². The first-order valence-electron chi connectivity index (χ1n) is 6.84. The van der Waals surface area contributed by atoms with Crippen LogP contribution in [-0.2, 0) is 0 Å². The molecule has 0 spiro atoms. The van der Waals surface area contributed by atoms with Crippen LogP contribution in [0.15, 0.2) is 18.5 Å². The zero-order valence-electron chi connectivity index (χ0n) is 11.2. The molecule has 1 unspecified atom stereocenters. The molecule has 1 aromatic rings. The van der Waals surface area contributed by atoms with E-state index < -0.39 is 0 Å². The number of hydrazine groups is 1. The Morgan fingerprint density at radius 1 is 1.22 bits per heavy atom. The van der Waals surface area contributed by atoms with Crippen LogP contribution in [0, 0.1) is 5.82 Å². The molecule has 0 saturated heterocycles. The average Bonchev–Trinajstić information content (AvgIpc) is 2.38. The van der Waals surface area contributed by atoms with Gasteiger partial charge >= 0.3 is 0 Å². The predicted octanol–water partition coefficient (Wildman–Crippen LogP) is 3.48. The summed E-state index contributed by atoms with van der Waals surface area (Å²) in [6, 6.07) is 1.49. The molecule has 0 fully saturated rings. The first-order chi connectivity index (χ1) is 8.77. The number of pyridine rings is 1. The second-order valence-corrected chi connectivity index (χ2v) is 4.71. The number of nitrogens with two attached hydrogens (primary N) is 1. The lowest BCUT2D eigenvalue weighted by molar-refractivity contribution is 0.473. The summed E-state index contributed by atoms with van der Waals surface area (Å²) in [6.45, 7) is 2.21. The average molecular weight is 253 g/mol. The molecule has 18 heavy (non-hydrogen) atoms. The van der Waals surface area contributed by atoms with Crippen molar-refractivity contribution >= 4 is 0 Å². The number of aromatic nitrogens is 1. The fourth-order valence-corrected chi connectivity index (χ4v) is 2.09. The third-order valence-electron chi connectivity index (χ3n) is 3.18. The van der Waals surface area contributed by atoms with Gasteiger partial charge in [-0.3, -0.25) is 16.3 Å². The largest absolute Gasteiger partial charge is 0.271 e. The van der Waals surface area contributed by atoms with E-state index in [2.05, 4.69) is 17.3 Å². The van der Waals surface area contributed by atoms with Gasteiger partial charge in [0.05, 0.1) is 6.20 Å². The van der Waals surface area contributed by atoms with Crippen molar-refractivity contribution in [1.29, 1.82) is 0 Å². The molecule has 1 aromatic heterocycles. The van der Waals surface area contributed by atoms with Gasteiger partial charge in [-0.15, -0.1) is 0 Å². The summed E-state index contributed by atoms with van der Waals surface area (Å²) < 4.78 is 13.1. The molecule has 3 nitrogen and oxygen atoms in total. The molecule has 3 N–H and O–H groups in total. The van der Waals surface area contributed by atoms with Crippen LogP contribution in [0.2, 0.25) is 0 Å².